The Morgan fingerprint density at radius 3 is 2.19 bits per heavy atom. The zero-order chi connectivity index (χ0) is 23.0. The van der Waals surface area contributed by atoms with Crippen molar-refractivity contribution < 1.29 is 19.1 Å². The van der Waals surface area contributed by atoms with Gasteiger partial charge in [0.15, 0.2) is 0 Å². The Labute approximate surface area is 194 Å². The lowest BCUT2D eigenvalue weighted by atomic mass is 10.1. The van der Waals surface area contributed by atoms with Crippen LogP contribution in [0.2, 0.25) is 0 Å². The molecule has 1 fully saturated rings. The van der Waals surface area contributed by atoms with Crippen molar-refractivity contribution in [1.82, 2.24) is 4.90 Å². The van der Waals surface area contributed by atoms with E-state index in [0.29, 0.717) is 30.9 Å². The topological polar surface area (TPSA) is 55.8 Å². The molecule has 1 unspecified atom stereocenters. The molecule has 1 heterocycles. The van der Waals surface area contributed by atoms with Gasteiger partial charge in [0.05, 0.1) is 13.7 Å². The minimum Gasteiger partial charge on any atom is -0.497 e. The van der Waals surface area contributed by atoms with Crippen LogP contribution >= 0.6 is 0 Å². The highest BCUT2D eigenvalue weighted by Gasteiger charge is 2.35. The second-order valence-corrected chi connectivity index (χ2v) is 8.95. The van der Waals surface area contributed by atoms with Gasteiger partial charge in [-0.2, -0.15) is 0 Å². The predicted octanol–water partition coefficient (Wildman–Crippen LogP) is 6.54. The van der Waals surface area contributed by atoms with E-state index in [-0.39, 0.29) is 11.9 Å². The summed E-state index contributed by atoms with van der Waals surface area (Å²) in [5.41, 5.74) is 0.546. The number of amides is 1. The number of unbranched alkanes of at least 4 members (excludes halogenated alkanes) is 11. The molecule has 1 aliphatic rings. The zero-order valence-corrected chi connectivity index (χ0v) is 20.3. The molecule has 0 bridgehead atoms. The van der Waals surface area contributed by atoms with Crippen molar-refractivity contribution in [3.63, 3.8) is 0 Å². The van der Waals surface area contributed by atoms with E-state index < -0.39 is 6.04 Å². The van der Waals surface area contributed by atoms with Gasteiger partial charge in [-0.05, 0) is 37.5 Å². The summed E-state index contributed by atoms with van der Waals surface area (Å²) >= 11 is 0. The van der Waals surface area contributed by atoms with Gasteiger partial charge in [-0.1, -0.05) is 83.6 Å². The lowest BCUT2D eigenvalue weighted by Gasteiger charge is -2.23. The number of hydrogen-bond acceptors (Lipinski definition) is 4. The van der Waals surface area contributed by atoms with Gasteiger partial charge in [0.2, 0.25) is 0 Å². The normalized spacial score (nSPS) is 15.7. The average molecular weight is 446 g/mol. The van der Waals surface area contributed by atoms with Crippen LogP contribution in [0, 0.1) is 0 Å². The van der Waals surface area contributed by atoms with Crippen LogP contribution in [0.5, 0.6) is 5.75 Å². The van der Waals surface area contributed by atoms with Gasteiger partial charge in [-0.25, -0.2) is 4.79 Å². The molecular weight excluding hydrogens is 402 g/mol. The van der Waals surface area contributed by atoms with Crippen LogP contribution in [-0.4, -0.2) is 43.1 Å². The minimum absolute atomic E-state index is 0.131. The molecule has 1 aromatic rings. The largest absolute Gasteiger partial charge is 0.497 e. The van der Waals surface area contributed by atoms with E-state index in [0.717, 1.165) is 19.3 Å². The first-order chi connectivity index (χ1) is 15.7. The summed E-state index contributed by atoms with van der Waals surface area (Å²) < 4.78 is 10.7. The van der Waals surface area contributed by atoms with Crippen LogP contribution in [0.3, 0.4) is 0 Å². The smallest absolute Gasteiger partial charge is 0.328 e. The Morgan fingerprint density at radius 1 is 0.938 bits per heavy atom. The first kappa shape index (κ1) is 26.2. The molecule has 1 aliphatic heterocycles. The Hall–Kier alpha value is -2.04. The van der Waals surface area contributed by atoms with E-state index in [2.05, 4.69) is 6.92 Å². The predicted molar refractivity (Wildman–Crippen MR) is 129 cm³/mol. The number of rotatable bonds is 16. The summed E-state index contributed by atoms with van der Waals surface area (Å²) in [5, 5.41) is 0. The van der Waals surface area contributed by atoms with Gasteiger partial charge in [-0.15, -0.1) is 0 Å². The van der Waals surface area contributed by atoms with Crippen LogP contribution in [0.1, 0.15) is 107 Å². The molecule has 0 N–H and O–H groups in total. The van der Waals surface area contributed by atoms with Crippen molar-refractivity contribution in [3.05, 3.63) is 29.8 Å². The second kappa shape index (κ2) is 15.7. The molecule has 32 heavy (non-hydrogen) atoms. The number of nitrogens with zero attached hydrogens (tertiary/aromatic N) is 1. The van der Waals surface area contributed by atoms with Crippen molar-refractivity contribution in [3.8, 4) is 5.75 Å². The monoisotopic (exact) mass is 445 g/mol. The highest BCUT2D eigenvalue weighted by molar-refractivity contribution is 5.97. The van der Waals surface area contributed by atoms with Gasteiger partial charge < -0.3 is 14.4 Å². The maximum atomic E-state index is 12.9. The molecule has 0 aromatic heterocycles. The fourth-order valence-electron chi connectivity index (χ4n) is 4.39. The lowest BCUT2D eigenvalue weighted by molar-refractivity contribution is -0.148. The molecule has 0 radical (unpaired) electrons. The fourth-order valence-corrected chi connectivity index (χ4v) is 4.39. The molecule has 5 nitrogen and oxygen atoms in total. The molecule has 5 heteroatoms. The van der Waals surface area contributed by atoms with Crippen LogP contribution in [0.15, 0.2) is 24.3 Å². The van der Waals surface area contributed by atoms with E-state index in [4.69, 9.17) is 9.47 Å². The number of hydrogen-bond donors (Lipinski definition) is 0. The molecule has 1 amide bonds. The van der Waals surface area contributed by atoms with Crippen molar-refractivity contribution in [1.29, 1.82) is 0 Å². The summed E-state index contributed by atoms with van der Waals surface area (Å²) in [6, 6.07) is 6.61. The Morgan fingerprint density at radius 2 is 1.56 bits per heavy atom. The van der Waals surface area contributed by atoms with E-state index in [1.54, 1.807) is 36.3 Å². The average Bonchev–Trinajstić information content (AvgIpc) is 3.31. The third kappa shape index (κ3) is 9.22. The number of esters is 1. The third-order valence-corrected chi connectivity index (χ3v) is 6.34. The van der Waals surface area contributed by atoms with E-state index in [9.17, 15) is 9.59 Å². The van der Waals surface area contributed by atoms with Gasteiger partial charge in [0.25, 0.3) is 5.91 Å². The standard InChI is InChI=1S/C27H43NO4/c1-3-4-5-6-7-8-9-10-11-12-13-14-21-32-27(30)25-19-16-20-28(25)26(29)23-17-15-18-24(22-23)31-2/h15,17-18,22,25H,3-14,16,19-21H2,1-2H3. The van der Waals surface area contributed by atoms with Crippen molar-refractivity contribution in [2.24, 2.45) is 0 Å². The minimum atomic E-state index is -0.467. The summed E-state index contributed by atoms with van der Waals surface area (Å²) in [7, 11) is 1.58. The first-order valence-electron chi connectivity index (χ1n) is 12.8. The van der Waals surface area contributed by atoms with Gasteiger partial charge >= 0.3 is 5.97 Å². The highest BCUT2D eigenvalue weighted by Crippen LogP contribution is 2.23. The molecule has 180 valence electrons. The lowest BCUT2D eigenvalue weighted by Crippen LogP contribution is -2.41. The third-order valence-electron chi connectivity index (χ3n) is 6.34. The maximum Gasteiger partial charge on any atom is 0.328 e. The van der Waals surface area contributed by atoms with E-state index in [1.165, 1.54) is 64.2 Å². The quantitative estimate of drug-likeness (QED) is 0.214. The molecule has 1 aromatic carbocycles. The highest BCUT2D eigenvalue weighted by atomic mass is 16.5. The van der Waals surface area contributed by atoms with Crippen molar-refractivity contribution in [2.75, 3.05) is 20.3 Å². The first-order valence-corrected chi connectivity index (χ1v) is 12.8. The zero-order valence-electron chi connectivity index (χ0n) is 20.3. The van der Waals surface area contributed by atoms with Gasteiger partial charge in [0, 0.05) is 12.1 Å². The van der Waals surface area contributed by atoms with Crippen molar-refractivity contribution in [2.45, 2.75) is 103 Å². The fraction of sp³-hybridized carbons (Fsp3) is 0.704. The van der Waals surface area contributed by atoms with Crippen LogP contribution < -0.4 is 4.74 Å². The van der Waals surface area contributed by atoms with E-state index >= 15 is 0 Å². The number of likely N-dealkylation sites (tertiary alicyclic amines) is 1. The molecular formula is C27H43NO4. The number of carbonyl (C=O) groups excluding carboxylic acids is 2. The maximum absolute atomic E-state index is 12.9. The summed E-state index contributed by atoms with van der Waals surface area (Å²) in [6.45, 7) is 3.30. The Kier molecular flexibility index (Phi) is 12.9. The molecule has 1 atom stereocenters. The summed E-state index contributed by atoms with van der Waals surface area (Å²) in [5.74, 6) is 0.247. The van der Waals surface area contributed by atoms with Crippen LogP contribution in [0.25, 0.3) is 0 Å². The summed E-state index contributed by atoms with van der Waals surface area (Å²) in [4.78, 5) is 27.1. The molecule has 1 saturated heterocycles. The van der Waals surface area contributed by atoms with Crippen LogP contribution in [0.4, 0.5) is 0 Å². The summed E-state index contributed by atoms with van der Waals surface area (Å²) in [6.07, 6.45) is 16.9. The van der Waals surface area contributed by atoms with Gasteiger partial charge in [0.1, 0.15) is 11.8 Å². The van der Waals surface area contributed by atoms with E-state index in [1.807, 2.05) is 0 Å². The number of ether oxygens (including phenoxy) is 2. The molecule has 2 rings (SSSR count). The molecule has 0 saturated carbocycles. The number of benzene rings is 1. The number of carbonyl (C=O) groups is 2. The second-order valence-electron chi connectivity index (χ2n) is 8.95. The van der Waals surface area contributed by atoms with Crippen LogP contribution in [-0.2, 0) is 9.53 Å². The molecule has 0 spiro atoms. The Bertz CT molecular complexity index is 675. The molecule has 0 aliphatic carbocycles. The number of methoxy groups -OCH3 is 1. The van der Waals surface area contributed by atoms with Gasteiger partial charge in [-0.3, -0.25) is 4.79 Å². The SMILES string of the molecule is CCCCCCCCCCCCCCOC(=O)C1CCCN1C(=O)c1cccc(OC)c1. The van der Waals surface area contributed by atoms with Crippen molar-refractivity contribution >= 4 is 11.9 Å². The Balaban J connectivity index is 1.57.